The Labute approximate surface area is 774 Å². The summed E-state index contributed by atoms with van der Waals surface area (Å²) in [7, 11) is 0. The molecule has 24 rings (SSSR count). The molecule has 0 aliphatic carbocycles. The van der Waals surface area contributed by atoms with E-state index < -0.39 is 0 Å². The molecule has 3 aromatic carbocycles. The first-order valence-corrected chi connectivity index (χ1v) is 45.5. The van der Waals surface area contributed by atoms with Crippen LogP contribution in [-0.2, 0) is 16.0 Å². The summed E-state index contributed by atoms with van der Waals surface area (Å²) >= 11 is 12.1. The van der Waals surface area contributed by atoms with Crippen molar-refractivity contribution in [3.8, 4) is 6.01 Å². The van der Waals surface area contributed by atoms with Crippen LogP contribution in [-0.4, -0.2) is 244 Å². The molecule has 1 atom stereocenters. The van der Waals surface area contributed by atoms with E-state index in [9.17, 15) is 9.59 Å². The Bertz CT molecular complexity index is 6790. The van der Waals surface area contributed by atoms with Crippen LogP contribution in [0.25, 0.3) is 33.9 Å². The molecule has 0 bridgehead atoms. The molecule has 7 fully saturated rings. The number of carbonyl (C=O) groups excluding carboxylic acids is 2. The molecule has 7 saturated heterocycles. The van der Waals surface area contributed by atoms with Crippen LogP contribution >= 0.6 is 23.2 Å². The molecule has 13 aromatic heterocycles. The molecular formula is C91H105Cl2N37O3. The average Bonchev–Trinajstić information content (AvgIpc) is 1.62. The molecular weight excluding hydrogens is 1730 g/mol. The number of hydrogen-bond acceptors (Lipinski definition) is 33. The van der Waals surface area contributed by atoms with E-state index in [2.05, 4.69) is 139 Å². The number of nitrogen functional groups attached to an aromatic ring is 6. The van der Waals surface area contributed by atoms with Gasteiger partial charge in [0.2, 0.25) is 5.91 Å². The third-order valence-electron chi connectivity index (χ3n) is 25.6. The first kappa shape index (κ1) is 87.4. The number of aromatic nitrogens is 20. The minimum atomic E-state index is -0.385. The van der Waals surface area contributed by atoms with Crippen molar-refractivity contribution in [3.63, 3.8) is 0 Å². The van der Waals surface area contributed by atoms with Crippen molar-refractivity contribution in [1.29, 1.82) is 0 Å². The number of ketones is 1. The Morgan fingerprint density at radius 3 is 1.36 bits per heavy atom. The third-order valence-corrected chi connectivity index (χ3v) is 26.3. The van der Waals surface area contributed by atoms with Crippen molar-refractivity contribution in [2.24, 2.45) is 5.73 Å². The molecule has 133 heavy (non-hydrogen) atoms. The van der Waals surface area contributed by atoms with Crippen molar-refractivity contribution in [2.45, 2.75) is 88.4 Å². The minimum absolute atomic E-state index is 0.129. The number of anilines is 15. The molecule has 21 heterocycles. The minimum Gasteiger partial charge on any atom is -0.460 e. The number of nitrogens with two attached hydrogens (primary N) is 7. The quantitative estimate of drug-likeness (QED) is 0.0608. The predicted octanol–water partition coefficient (Wildman–Crippen LogP) is 7.97. The molecule has 0 radical (unpaired) electrons. The van der Waals surface area contributed by atoms with E-state index in [0.29, 0.717) is 69.6 Å². The number of carbonyl (C=O) groups is 2. The van der Waals surface area contributed by atoms with E-state index in [1.54, 1.807) is 82.7 Å². The van der Waals surface area contributed by atoms with Crippen molar-refractivity contribution in [3.05, 3.63) is 216 Å². The van der Waals surface area contributed by atoms with Crippen LogP contribution in [0.5, 0.6) is 6.01 Å². The molecule has 0 saturated carbocycles. The van der Waals surface area contributed by atoms with Gasteiger partial charge in [-0.1, -0.05) is 59.6 Å². The van der Waals surface area contributed by atoms with Crippen LogP contribution in [0.4, 0.5) is 86.9 Å². The van der Waals surface area contributed by atoms with Gasteiger partial charge in [-0.25, -0.2) is 39.9 Å². The maximum Gasteiger partial charge on any atom is 0.316 e. The van der Waals surface area contributed by atoms with E-state index >= 15 is 0 Å². The van der Waals surface area contributed by atoms with E-state index in [0.717, 1.165) is 253 Å². The highest BCUT2D eigenvalue weighted by Crippen LogP contribution is 2.42. The summed E-state index contributed by atoms with van der Waals surface area (Å²) in [6.07, 6.45) is 21.2. The van der Waals surface area contributed by atoms with Crippen LogP contribution in [0.2, 0.25) is 10.0 Å². The number of nitrogens with zero attached hydrogens (tertiary/aromatic N) is 29. The van der Waals surface area contributed by atoms with Crippen LogP contribution in [0.1, 0.15) is 62.5 Å². The highest BCUT2D eigenvalue weighted by molar-refractivity contribution is 6.42. The van der Waals surface area contributed by atoms with E-state index in [-0.39, 0.29) is 29.6 Å². The second-order valence-electron chi connectivity index (χ2n) is 33.9. The Balaban J connectivity index is 0.000000104. The van der Waals surface area contributed by atoms with Crippen molar-refractivity contribution < 1.29 is 14.3 Å². The highest BCUT2D eigenvalue weighted by atomic mass is 35.5. The highest BCUT2D eigenvalue weighted by Gasteiger charge is 2.50. The Hall–Kier alpha value is -14.9. The summed E-state index contributed by atoms with van der Waals surface area (Å²) in [5.41, 5.74) is 51.8. The number of ether oxygens (including phenoxy) is 1. The largest absolute Gasteiger partial charge is 0.460 e. The molecule has 8 aliphatic rings. The molecule has 42 heteroatoms. The third kappa shape index (κ3) is 18.7. The first-order chi connectivity index (χ1) is 64.8. The maximum absolute atomic E-state index is 12.9. The monoisotopic (exact) mass is 1830 g/mol. The Kier molecular flexibility index (Phi) is 25.2. The fourth-order valence-electron chi connectivity index (χ4n) is 18.6. The number of para-hydroxylation sites is 2. The molecule has 686 valence electrons. The average molecular weight is 1840 g/mol. The zero-order valence-corrected chi connectivity index (χ0v) is 75.1. The van der Waals surface area contributed by atoms with E-state index in [1.807, 2.05) is 127 Å². The maximum atomic E-state index is 12.9. The van der Waals surface area contributed by atoms with Gasteiger partial charge in [-0.05, 0) is 87.1 Å². The number of fused-ring (bicyclic) bond motifs is 7. The summed E-state index contributed by atoms with van der Waals surface area (Å²) in [5, 5.41) is 29.4. The SMILES string of the molecule is Cc1cnn2c(N)cc(N3CCNCC3)nc12.Nc1cc(N2CCC(N3C(=O)Cc4ccccc43)CC2)nc2ccnn12.Nc1cc(N2CCC(Oc3ncccn3)CC2)nc2ccnn12.Nc1cc(N2CCC3(CC2)C(=O)CCN3c2ccccc2)nc2ccnn12.Nc1cc(N2CCN(c3ccc(Cl)c(Cl)c3)CC2)nc2ccnn12.Nc1cc(N2CC[C@H](N)C2)nc2ccnn12. The normalized spacial score (nSPS) is 17.6. The van der Waals surface area contributed by atoms with Gasteiger partial charge in [0.25, 0.3) is 0 Å². The van der Waals surface area contributed by atoms with Gasteiger partial charge < -0.3 is 94.3 Å². The summed E-state index contributed by atoms with van der Waals surface area (Å²) < 4.78 is 15.7. The zero-order valence-electron chi connectivity index (χ0n) is 73.6. The van der Waals surface area contributed by atoms with Crippen molar-refractivity contribution >= 4 is 156 Å². The van der Waals surface area contributed by atoms with Gasteiger partial charge in [0.1, 0.15) is 81.5 Å². The first-order valence-electron chi connectivity index (χ1n) is 44.8. The van der Waals surface area contributed by atoms with Gasteiger partial charge in [-0.2, -0.15) is 57.7 Å². The lowest BCUT2D eigenvalue weighted by Crippen LogP contribution is -2.56. The Morgan fingerprint density at radius 2 is 0.857 bits per heavy atom. The number of Topliss-reactive ketones (excluding diaryl/α,β-unsaturated/α-hetero) is 1. The van der Waals surface area contributed by atoms with Gasteiger partial charge in [-0.3, -0.25) is 9.59 Å². The number of nitrogens with one attached hydrogen (secondary N) is 1. The number of hydrogen-bond donors (Lipinski definition) is 8. The van der Waals surface area contributed by atoms with Gasteiger partial charge in [0, 0.05) is 244 Å². The second kappa shape index (κ2) is 38.3. The molecule has 16 aromatic rings. The lowest BCUT2D eigenvalue weighted by Gasteiger charge is -2.45. The van der Waals surface area contributed by atoms with Gasteiger partial charge in [0.05, 0.1) is 53.6 Å². The molecule has 0 unspecified atom stereocenters. The lowest BCUT2D eigenvalue weighted by atomic mass is 9.83. The number of piperidine rings is 3. The van der Waals surface area contributed by atoms with Crippen LogP contribution in [0, 0.1) is 6.92 Å². The zero-order chi connectivity index (χ0) is 91.4. The predicted molar refractivity (Wildman–Crippen MR) is 518 cm³/mol. The second-order valence-corrected chi connectivity index (χ2v) is 34.7. The Morgan fingerprint density at radius 1 is 0.414 bits per heavy atom. The van der Waals surface area contributed by atoms with Gasteiger partial charge >= 0.3 is 6.01 Å². The molecule has 1 amide bonds. The molecule has 8 aliphatic heterocycles. The fraction of sp³-hybridized carbons (Fsp3) is 0.341. The number of aryl methyl sites for hydroxylation is 1. The molecule has 15 N–H and O–H groups in total. The molecule has 40 nitrogen and oxygen atoms in total. The summed E-state index contributed by atoms with van der Waals surface area (Å²) in [6.45, 7) is 17.0. The van der Waals surface area contributed by atoms with E-state index in [1.165, 1.54) is 0 Å². The number of rotatable bonds is 11. The van der Waals surface area contributed by atoms with Crippen LogP contribution in [0.3, 0.4) is 0 Å². The number of halogens is 2. The van der Waals surface area contributed by atoms with Crippen molar-refractivity contribution in [2.75, 3.05) is 190 Å². The van der Waals surface area contributed by atoms with Gasteiger partial charge in [0.15, 0.2) is 39.7 Å². The summed E-state index contributed by atoms with van der Waals surface area (Å²) in [5.74, 6) is 9.48. The summed E-state index contributed by atoms with van der Waals surface area (Å²) in [6, 6.07) is 47.3. The van der Waals surface area contributed by atoms with Crippen molar-refractivity contribution in [1.82, 2.24) is 103 Å². The number of amides is 1. The number of piperazine rings is 2. The van der Waals surface area contributed by atoms with Crippen LogP contribution < -0.4 is 94.3 Å². The standard InChI is InChI=1S/C20H22N6O.C19H20N6O.C16H16Cl2N6.C15H17N7O.C11H16N6.C10H14N6/c21-17-14-19(23-18-6-10-22-26(17)18)24-12-8-20(9-13-24)16(27)7-11-25(20)15-4-2-1-3-5-15;20-16-12-18(22-17-5-8-21-25(16)17)23-9-6-14(7-10-23)24-15-4-2-1-3-13(15)11-19(24)26;17-12-2-1-11(9-13(12)18)22-5-7-23(8-6-22)16-10-14(19)24-15(21-16)3-4-20-24;16-12-10-14(20-13-2-7-19-22(12)13)21-8-3-11(4-9-21)23-15-17-5-1-6-18-15;1-8-7-14-17-9(12)6-10(15-11(8)17)16-4-2-13-3-5-16;11-7-2-4-15(6-7)10-5-8(12)16-9(14-10)1-3-13-16/h1-6,10,14H,7-9,11-13,21H2;1-5,8,12,14H,6-7,9-11,20H2;1-4,9-10H,5-8,19H2;1-2,5-7,10-11H,3-4,8-9,16H2;6-7,13H,2-5,12H2,1H3;1,3,5,7H,2,4,6,11-12H2/t;;;;;7-/m.....0/s1. The number of benzene rings is 3. The van der Waals surface area contributed by atoms with Gasteiger partial charge in [-0.15, -0.1) is 0 Å². The lowest BCUT2D eigenvalue weighted by molar-refractivity contribution is -0.122. The van der Waals surface area contributed by atoms with E-state index in [4.69, 9.17) is 68.1 Å². The topological polar surface area (TPSA) is 474 Å². The fourth-order valence-corrected chi connectivity index (χ4v) is 18.9. The molecule has 1 spiro atoms. The van der Waals surface area contributed by atoms with Crippen LogP contribution in [0.15, 0.2) is 195 Å². The summed E-state index contributed by atoms with van der Waals surface area (Å²) in [4.78, 5) is 81.3. The smallest absolute Gasteiger partial charge is 0.316 e.